The lowest BCUT2D eigenvalue weighted by Gasteiger charge is -2.41. The molecule has 3 heteroatoms. The fourth-order valence-electron chi connectivity index (χ4n) is 2.11. The van der Waals surface area contributed by atoms with E-state index in [4.69, 9.17) is 0 Å². The molecule has 0 aromatic carbocycles. The van der Waals surface area contributed by atoms with Gasteiger partial charge >= 0.3 is 0 Å². The molecule has 1 rings (SSSR count). The molecule has 1 amide bonds. The van der Waals surface area contributed by atoms with Gasteiger partial charge in [-0.15, -0.1) is 0 Å². The van der Waals surface area contributed by atoms with Crippen LogP contribution in [0.15, 0.2) is 0 Å². The number of nitrogens with zero attached hydrogens (tertiary/aromatic N) is 2. The van der Waals surface area contributed by atoms with Crippen molar-refractivity contribution in [2.24, 2.45) is 0 Å². The molecule has 0 spiro atoms. The molecular weight excluding hydrogens is 176 g/mol. The molecule has 1 aliphatic heterocycles. The second-order valence-corrected chi connectivity index (χ2v) is 4.31. The van der Waals surface area contributed by atoms with Crippen LogP contribution in [0, 0.1) is 0 Å². The second kappa shape index (κ2) is 4.78. The van der Waals surface area contributed by atoms with Gasteiger partial charge in [0, 0.05) is 38.6 Å². The van der Waals surface area contributed by atoms with E-state index < -0.39 is 0 Å². The van der Waals surface area contributed by atoms with Crippen molar-refractivity contribution in [3.63, 3.8) is 0 Å². The van der Waals surface area contributed by atoms with Crippen LogP contribution in [-0.4, -0.2) is 47.4 Å². The average molecular weight is 198 g/mol. The van der Waals surface area contributed by atoms with E-state index in [9.17, 15) is 4.79 Å². The van der Waals surface area contributed by atoms with Gasteiger partial charge in [-0.05, 0) is 20.3 Å². The van der Waals surface area contributed by atoms with Gasteiger partial charge in [0.25, 0.3) is 0 Å². The predicted octanol–water partition coefficient (Wildman–Crippen LogP) is 1.34. The van der Waals surface area contributed by atoms with Crippen LogP contribution < -0.4 is 0 Å². The number of carbonyl (C=O) groups is 1. The van der Waals surface area contributed by atoms with Gasteiger partial charge in [0.1, 0.15) is 0 Å². The van der Waals surface area contributed by atoms with Crippen LogP contribution >= 0.6 is 0 Å². The molecule has 14 heavy (non-hydrogen) atoms. The fourth-order valence-corrected chi connectivity index (χ4v) is 2.11. The molecule has 1 aliphatic rings. The Morgan fingerprint density at radius 2 is 2.14 bits per heavy atom. The number of hydrogen-bond acceptors (Lipinski definition) is 2. The maximum atomic E-state index is 11.3. The van der Waals surface area contributed by atoms with Gasteiger partial charge in [-0.1, -0.05) is 6.92 Å². The van der Waals surface area contributed by atoms with Crippen molar-refractivity contribution in [2.45, 2.75) is 46.2 Å². The van der Waals surface area contributed by atoms with Gasteiger partial charge in [0.2, 0.25) is 5.91 Å². The van der Waals surface area contributed by atoms with Gasteiger partial charge in [0.05, 0.1) is 0 Å². The van der Waals surface area contributed by atoms with Crippen LogP contribution in [0.5, 0.6) is 0 Å². The molecule has 0 N–H and O–H groups in total. The molecule has 1 unspecified atom stereocenters. The van der Waals surface area contributed by atoms with E-state index in [1.807, 2.05) is 4.90 Å². The molecule has 1 saturated heterocycles. The maximum Gasteiger partial charge on any atom is 0.219 e. The maximum absolute atomic E-state index is 11.3. The molecule has 0 bridgehead atoms. The quantitative estimate of drug-likeness (QED) is 0.668. The zero-order valence-corrected chi connectivity index (χ0v) is 9.79. The molecule has 1 fully saturated rings. The lowest BCUT2D eigenvalue weighted by Crippen LogP contribution is -2.55. The predicted molar refractivity (Wildman–Crippen MR) is 58.2 cm³/mol. The Hall–Kier alpha value is -0.570. The van der Waals surface area contributed by atoms with Crippen LogP contribution in [0.25, 0.3) is 0 Å². The van der Waals surface area contributed by atoms with Crippen LogP contribution in [0.3, 0.4) is 0 Å². The van der Waals surface area contributed by atoms with Crippen molar-refractivity contribution in [3.8, 4) is 0 Å². The summed E-state index contributed by atoms with van der Waals surface area (Å²) in [6.07, 6.45) is 1.19. The molecule has 1 heterocycles. The Morgan fingerprint density at radius 3 is 2.57 bits per heavy atom. The summed E-state index contributed by atoms with van der Waals surface area (Å²) in [4.78, 5) is 15.7. The minimum Gasteiger partial charge on any atom is -0.338 e. The van der Waals surface area contributed by atoms with E-state index in [1.165, 1.54) is 6.42 Å². The summed E-state index contributed by atoms with van der Waals surface area (Å²) in [6.45, 7) is 11.2. The van der Waals surface area contributed by atoms with Crippen LogP contribution in [0.4, 0.5) is 0 Å². The first-order valence-corrected chi connectivity index (χ1v) is 5.57. The summed E-state index contributed by atoms with van der Waals surface area (Å²) in [5.74, 6) is 0.210. The fraction of sp³-hybridized carbons (Fsp3) is 0.909. The molecule has 3 nitrogen and oxygen atoms in total. The van der Waals surface area contributed by atoms with Gasteiger partial charge in [-0.2, -0.15) is 0 Å². The molecule has 0 aromatic rings. The normalized spacial score (nSPS) is 26.3. The summed E-state index contributed by atoms with van der Waals surface area (Å²) in [7, 11) is 0. The highest BCUT2D eigenvalue weighted by atomic mass is 16.2. The molecule has 0 aliphatic carbocycles. The molecular formula is C11H22N2O. The molecule has 0 saturated carbocycles. The van der Waals surface area contributed by atoms with Crippen molar-refractivity contribution in [3.05, 3.63) is 0 Å². The van der Waals surface area contributed by atoms with Crippen LogP contribution in [0.2, 0.25) is 0 Å². The highest BCUT2D eigenvalue weighted by Gasteiger charge is 2.26. The summed E-state index contributed by atoms with van der Waals surface area (Å²) in [5.41, 5.74) is 0. The van der Waals surface area contributed by atoms with Gasteiger partial charge in [0.15, 0.2) is 0 Å². The summed E-state index contributed by atoms with van der Waals surface area (Å²) in [5, 5.41) is 0. The number of hydrogen-bond donors (Lipinski definition) is 0. The Kier molecular flexibility index (Phi) is 3.93. The largest absolute Gasteiger partial charge is 0.338 e. The van der Waals surface area contributed by atoms with Crippen molar-refractivity contribution >= 4 is 5.91 Å². The summed E-state index contributed by atoms with van der Waals surface area (Å²) < 4.78 is 0. The third kappa shape index (κ3) is 2.47. The van der Waals surface area contributed by atoms with Crippen molar-refractivity contribution in [1.29, 1.82) is 0 Å². The standard InChI is InChI=1S/C11H22N2O/c1-5-9(2)12-6-7-13(11(4)14)10(3)8-12/h9-10H,5-8H2,1-4H3/t9?,10-/m1/s1. The minimum absolute atomic E-state index is 0.210. The minimum atomic E-state index is 0.210. The van der Waals surface area contributed by atoms with E-state index in [2.05, 4.69) is 25.7 Å². The van der Waals surface area contributed by atoms with E-state index in [1.54, 1.807) is 6.92 Å². The third-order valence-electron chi connectivity index (χ3n) is 3.28. The van der Waals surface area contributed by atoms with Gasteiger partial charge in [-0.3, -0.25) is 9.69 Å². The first-order chi connectivity index (χ1) is 6.56. The lowest BCUT2D eigenvalue weighted by atomic mass is 10.1. The highest BCUT2D eigenvalue weighted by Crippen LogP contribution is 2.13. The molecule has 82 valence electrons. The molecule has 0 aromatic heterocycles. The van der Waals surface area contributed by atoms with Crippen molar-refractivity contribution in [1.82, 2.24) is 9.80 Å². The van der Waals surface area contributed by atoms with E-state index in [0.717, 1.165) is 19.6 Å². The van der Waals surface area contributed by atoms with Gasteiger partial charge < -0.3 is 4.90 Å². The van der Waals surface area contributed by atoms with E-state index in [0.29, 0.717) is 12.1 Å². The highest BCUT2D eigenvalue weighted by molar-refractivity contribution is 5.73. The summed E-state index contributed by atoms with van der Waals surface area (Å²) in [6, 6.07) is 1.02. The first kappa shape index (κ1) is 11.5. The topological polar surface area (TPSA) is 23.6 Å². The number of rotatable bonds is 2. The Morgan fingerprint density at radius 1 is 1.50 bits per heavy atom. The summed E-state index contributed by atoms with van der Waals surface area (Å²) >= 11 is 0. The number of piperazine rings is 1. The van der Waals surface area contributed by atoms with Crippen LogP contribution in [-0.2, 0) is 4.79 Å². The average Bonchev–Trinajstić information content (AvgIpc) is 2.15. The number of amides is 1. The Balaban J connectivity index is 2.50. The first-order valence-electron chi connectivity index (χ1n) is 5.57. The number of carbonyl (C=O) groups excluding carboxylic acids is 1. The third-order valence-corrected chi connectivity index (χ3v) is 3.28. The SMILES string of the molecule is CCC(C)N1CCN(C(C)=O)[C@H](C)C1. The zero-order chi connectivity index (χ0) is 10.7. The lowest BCUT2D eigenvalue weighted by molar-refractivity contribution is -0.133. The van der Waals surface area contributed by atoms with E-state index >= 15 is 0 Å². The molecule has 2 atom stereocenters. The van der Waals surface area contributed by atoms with Crippen LogP contribution in [0.1, 0.15) is 34.1 Å². The smallest absolute Gasteiger partial charge is 0.219 e. The monoisotopic (exact) mass is 198 g/mol. The van der Waals surface area contributed by atoms with E-state index in [-0.39, 0.29) is 5.91 Å². The van der Waals surface area contributed by atoms with Crippen molar-refractivity contribution in [2.75, 3.05) is 19.6 Å². The second-order valence-electron chi connectivity index (χ2n) is 4.31. The van der Waals surface area contributed by atoms with Gasteiger partial charge in [-0.25, -0.2) is 0 Å². The Labute approximate surface area is 87.1 Å². The Bertz CT molecular complexity index is 205. The van der Waals surface area contributed by atoms with Crippen molar-refractivity contribution < 1.29 is 4.79 Å². The molecule has 0 radical (unpaired) electrons. The zero-order valence-electron chi connectivity index (χ0n) is 9.79.